The van der Waals surface area contributed by atoms with Gasteiger partial charge in [0.05, 0.1) is 29.0 Å². The lowest BCUT2D eigenvalue weighted by atomic mass is 10.1. The van der Waals surface area contributed by atoms with Gasteiger partial charge in [-0.05, 0) is 80.0 Å². The summed E-state index contributed by atoms with van der Waals surface area (Å²) < 4.78 is 18.8. The molecule has 42 heavy (non-hydrogen) atoms. The number of amides is 2. The molecule has 0 saturated carbocycles. The van der Waals surface area contributed by atoms with Crippen LogP contribution in [0.1, 0.15) is 68.9 Å². The first-order chi connectivity index (χ1) is 19.5. The zero-order valence-electron chi connectivity index (χ0n) is 25.6. The molecule has 0 bridgehead atoms. The summed E-state index contributed by atoms with van der Waals surface area (Å²) in [5, 5.41) is 11.8. The van der Waals surface area contributed by atoms with Crippen LogP contribution < -0.4 is 9.64 Å². The number of thiazole rings is 1. The molecule has 11 heteroatoms. The van der Waals surface area contributed by atoms with Crippen LogP contribution in [0.5, 0.6) is 5.75 Å². The highest BCUT2D eigenvalue weighted by atomic mass is 32.1. The number of anilines is 1. The van der Waals surface area contributed by atoms with Gasteiger partial charge in [0.1, 0.15) is 38.9 Å². The first-order valence-electron chi connectivity index (χ1n) is 13.3. The number of carbonyl (C=O) groups is 2. The fourth-order valence-corrected chi connectivity index (χ4v) is 5.57. The van der Waals surface area contributed by atoms with Gasteiger partial charge in [-0.2, -0.15) is 10.2 Å². The van der Waals surface area contributed by atoms with Crippen molar-refractivity contribution in [3.63, 3.8) is 0 Å². The van der Waals surface area contributed by atoms with E-state index < -0.39 is 23.4 Å². The Morgan fingerprint density at radius 2 is 1.64 bits per heavy atom. The summed E-state index contributed by atoms with van der Waals surface area (Å²) in [4.78, 5) is 38.8. The summed E-state index contributed by atoms with van der Waals surface area (Å²) in [6, 6.07) is 5.94. The van der Waals surface area contributed by atoms with Crippen molar-refractivity contribution in [1.29, 1.82) is 5.26 Å². The van der Waals surface area contributed by atoms with Crippen molar-refractivity contribution in [2.45, 2.75) is 73.5 Å². The predicted octanol–water partition coefficient (Wildman–Crippen LogP) is 7.76. The molecule has 0 radical (unpaired) electrons. The first kappa shape index (κ1) is 30.5. The van der Waals surface area contributed by atoms with Crippen LogP contribution in [0.2, 0.25) is 0 Å². The van der Waals surface area contributed by atoms with Gasteiger partial charge < -0.3 is 14.2 Å². The van der Waals surface area contributed by atoms with Gasteiger partial charge in [0, 0.05) is 10.9 Å². The van der Waals surface area contributed by atoms with E-state index in [2.05, 4.69) is 12.6 Å². The second-order valence-corrected chi connectivity index (χ2v) is 13.0. The molecule has 0 spiro atoms. The Kier molecular flexibility index (Phi) is 7.82. The normalized spacial score (nSPS) is 11.8. The minimum absolute atomic E-state index is 0.0123. The number of ether oxygens (including phenoxy) is 3. The van der Waals surface area contributed by atoms with Crippen LogP contribution in [-0.2, 0) is 9.47 Å². The van der Waals surface area contributed by atoms with E-state index in [0.717, 1.165) is 15.5 Å². The number of hydrogen-bond acceptors (Lipinski definition) is 9. The Morgan fingerprint density at radius 3 is 2.14 bits per heavy atom. The highest BCUT2D eigenvalue weighted by Crippen LogP contribution is 2.44. The summed E-state index contributed by atoms with van der Waals surface area (Å²) in [5.41, 5.74) is 1.60. The Bertz CT molecular complexity index is 1770. The topological polar surface area (TPSA) is 120 Å². The monoisotopic (exact) mass is 589 g/mol. The number of carbonyl (C=O) groups excluding carboxylic acids is 2. The number of nitrogens with zero attached hydrogens (tertiary/aromatic N) is 5. The summed E-state index contributed by atoms with van der Waals surface area (Å²) in [6.07, 6.45) is -0.466. The largest absolute Gasteiger partial charge is 0.496 e. The molecule has 1 aromatic carbocycles. The lowest BCUT2D eigenvalue weighted by Gasteiger charge is -2.30. The third-order valence-electron chi connectivity index (χ3n) is 6.26. The Balaban J connectivity index is 2.33. The maximum absolute atomic E-state index is 13.9. The lowest BCUT2D eigenvalue weighted by Crippen LogP contribution is -2.45. The highest BCUT2D eigenvalue weighted by Gasteiger charge is 2.40. The molecule has 4 aromatic rings. The van der Waals surface area contributed by atoms with Crippen molar-refractivity contribution in [2.75, 3.05) is 12.0 Å². The molecule has 0 aliphatic rings. The van der Waals surface area contributed by atoms with Crippen LogP contribution >= 0.6 is 11.3 Å². The molecule has 0 N–H and O–H groups in total. The molecule has 0 saturated heterocycles. The van der Waals surface area contributed by atoms with Crippen LogP contribution in [0, 0.1) is 32.1 Å². The van der Waals surface area contributed by atoms with Crippen molar-refractivity contribution >= 4 is 56.7 Å². The zero-order valence-corrected chi connectivity index (χ0v) is 26.4. The summed E-state index contributed by atoms with van der Waals surface area (Å²) in [7, 11) is 1.56. The number of benzene rings is 1. The maximum atomic E-state index is 13.9. The minimum Gasteiger partial charge on any atom is -0.496 e. The van der Waals surface area contributed by atoms with Gasteiger partial charge in [-0.3, -0.25) is 4.57 Å². The van der Waals surface area contributed by atoms with E-state index in [1.807, 2.05) is 32.9 Å². The second-order valence-electron chi connectivity index (χ2n) is 11.8. The molecule has 0 unspecified atom stereocenters. The maximum Gasteiger partial charge on any atom is 0.425 e. The number of fused-ring (bicyclic) bond motifs is 3. The third kappa shape index (κ3) is 5.42. The van der Waals surface area contributed by atoms with Crippen LogP contribution in [0.4, 0.5) is 15.4 Å². The Hall–Kier alpha value is -4.43. The van der Waals surface area contributed by atoms with Crippen molar-refractivity contribution in [3.05, 3.63) is 46.1 Å². The molecule has 0 fully saturated rings. The first-order valence-corrected chi connectivity index (χ1v) is 14.1. The molecule has 220 valence electrons. The van der Waals surface area contributed by atoms with Crippen LogP contribution in [0.15, 0.2) is 18.7 Å². The van der Waals surface area contributed by atoms with Gasteiger partial charge in [-0.15, -0.1) is 0 Å². The molecule has 3 aromatic heterocycles. The number of methoxy groups -OCH3 is 1. The summed E-state index contributed by atoms with van der Waals surface area (Å²) in [5.74, 6) is 0.519. The van der Waals surface area contributed by atoms with Gasteiger partial charge in [-0.25, -0.2) is 19.6 Å². The second kappa shape index (κ2) is 10.8. The van der Waals surface area contributed by atoms with E-state index in [4.69, 9.17) is 24.2 Å². The average Bonchev–Trinajstić information content (AvgIpc) is 3.38. The van der Waals surface area contributed by atoms with E-state index in [1.54, 1.807) is 59.3 Å². The fraction of sp³-hybridized carbons (Fsp3) is 0.387. The van der Waals surface area contributed by atoms with Gasteiger partial charge in [-0.1, -0.05) is 24.0 Å². The molecule has 10 nitrogen and oxygen atoms in total. The lowest BCUT2D eigenvalue weighted by molar-refractivity contribution is 0.0428. The van der Waals surface area contributed by atoms with Crippen molar-refractivity contribution in [1.82, 2.24) is 14.5 Å². The Labute approximate surface area is 249 Å². The van der Waals surface area contributed by atoms with Crippen molar-refractivity contribution < 1.29 is 23.8 Å². The number of nitriles is 1. The van der Waals surface area contributed by atoms with E-state index in [0.29, 0.717) is 43.9 Å². The SMILES string of the molecule is C=Cc1nc2sc(C)nc2c2c1c(C#N)c(N(C(=O)OC(C)(C)C)C(=O)OC(C)(C)C)n2-c1c(C)ccc(OC)c1C. The van der Waals surface area contributed by atoms with Gasteiger partial charge in [0.2, 0.25) is 0 Å². The standard InChI is InChI=1S/C31H35N5O5S/c1-12-20-22-19(15-32)27(36(28(37)40-30(5,6)7)29(38)41-31(8,9)10)35(24-16(2)13-14-21(39-11)17(24)3)25(22)23-26(34-20)42-18(4)33-23/h12-14H,1H2,2-11H3. The Morgan fingerprint density at radius 1 is 1.05 bits per heavy atom. The molecular formula is C31H35N5O5S. The number of imide groups is 1. The number of hydrogen-bond donors (Lipinski definition) is 0. The van der Waals surface area contributed by atoms with Crippen LogP contribution in [-0.4, -0.2) is 45.0 Å². The van der Waals surface area contributed by atoms with E-state index in [1.165, 1.54) is 11.3 Å². The van der Waals surface area contributed by atoms with Gasteiger partial charge in [0.25, 0.3) is 0 Å². The average molecular weight is 590 g/mol. The molecular weight excluding hydrogens is 554 g/mol. The van der Waals surface area contributed by atoms with Crippen LogP contribution in [0.3, 0.4) is 0 Å². The van der Waals surface area contributed by atoms with E-state index in [-0.39, 0.29) is 11.4 Å². The molecule has 0 atom stereocenters. The third-order valence-corrected chi connectivity index (χ3v) is 7.12. The molecule has 2 amide bonds. The number of rotatable bonds is 4. The summed E-state index contributed by atoms with van der Waals surface area (Å²) >= 11 is 1.39. The molecule has 4 rings (SSSR count). The molecule has 3 heterocycles. The van der Waals surface area contributed by atoms with E-state index in [9.17, 15) is 14.9 Å². The number of aromatic nitrogens is 3. The van der Waals surface area contributed by atoms with Crippen molar-refractivity contribution in [3.8, 4) is 17.5 Å². The quantitative estimate of drug-likeness (QED) is 0.237. The zero-order chi connectivity index (χ0) is 31.3. The minimum atomic E-state index is -1.01. The predicted molar refractivity (Wildman–Crippen MR) is 165 cm³/mol. The fourth-order valence-electron chi connectivity index (χ4n) is 4.77. The van der Waals surface area contributed by atoms with Crippen LogP contribution in [0.25, 0.3) is 33.0 Å². The number of aryl methyl sites for hydroxylation is 2. The highest BCUT2D eigenvalue weighted by molar-refractivity contribution is 7.18. The van der Waals surface area contributed by atoms with E-state index >= 15 is 0 Å². The smallest absolute Gasteiger partial charge is 0.425 e. The van der Waals surface area contributed by atoms with Gasteiger partial charge >= 0.3 is 12.2 Å². The van der Waals surface area contributed by atoms with Crippen molar-refractivity contribution in [2.24, 2.45) is 0 Å². The summed E-state index contributed by atoms with van der Waals surface area (Å²) in [6.45, 7) is 19.7. The van der Waals surface area contributed by atoms with Gasteiger partial charge in [0.15, 0.2) is 5.82 Å². The number of pyridine rings is 1. The molecule has 0 aliphatic heterocycles. The molecule has 0 aliphatic carbocycles.